The third-order valence-electron chi connectivity index (χ3n) is 3.87. The Morgan fingerprint density at radius 1 is 1.47 bits per heavy atom. The van der Waals surface area contributed by atoms with E-state index in [0.29, 0.717) is 12.1 Å². The molecule has 0 aromatic heterocycles. The van der Waals surface area contributed by atoms with Crippen molar-refractivity contribution < 1.29 is 14.6 Å². The topological polar surface area (TPSA) is 58.6 Å². The Kier molecular flexibility index (Phi) is 4.22. The minimum Gasteiger partial charge on any atom is -0.389 e. The third kappa shape index (κ3) is 3.14. The summed E-state index contributed by atoms with van der Waals surface area (Å²) in [5, 5.41) is 12.5. The quantitative estimate of drug-likeness (QED) is 0.858. The molecule has 1 saturated carbocycles. The number of methoxy groups -OCH3 is 1. The van der Waals surface area contributed by atoms with E-state index in [4.69, 9.17) is 4.74 Å². The summed E-state index contributed by atoms with van der Waals surface area (Å²) >= 11 is 0. The van der Waals surface area contributed by atoms with Crippen molar-refractivity contribution in [2.45, 2.75) is 44.3 Å². The molecule has 0 aliphatic heterocycles. The molecule has 1 aromatic rings. The maximum absolute atomic E-state index is 12.1. The zero-order valence-corrected chi connectivity index (χ0v) is 11.5. The smallest absolute Gasteiger partial charge is 0.227 e. The van der Waals surface area contributed by atoms with E-state index in [9.17, 15) is 9.90 Å². The van der Waals surface area contributed by atoms with Crippen molar-refractivity contribution in [3.05, 3.63) is 29.8 Å². The highest BCUT2D eigenvalue weighted by Crippen LogP contribution is 2.38. The van der Waals surface area contributed by atoms with Crippen LogP contribution in [0.1, 0.15) is 44.3 Å². The highest BCUT2D eigenvalue weighted by molar-refractivity contribution is 5.92. The number of aliphatic hydroxyl groups excluding tert-OH is 1. The zero-order valence-electron chi connectivity index (χ0n) is 11.5. The normalized spacial score (nSPS) is 18.5. The summed E-state index contributed by atoms with van der Waals surface area (Å²) < 4.78 is 5.45. The van der Waals surface area contributed by atoms with Crippen LogP contribution in [0.2, 0.25) is 0 Å². The summed E-state index contributed by atoms with van der Waals surface area (Å²) in [6, 6.07) is 7.31. The predicted molar refractivity (Wildman–Crippen MR) is 73.9 cm³/mol. The van der Waals surface area contributed by atoms with Crippen molar-refractivity contribution in [3.63, 3.8) is 0 Å². The van der Waals surface area contributed by atoms with Gasteiger partial charge in [0.05, 0.1) is 18.1 Å². The number of carbonyl (C=O) groups excluding carboxylic acids is 1. The van der Waals surface area contributed by atoms with E-state index in [2.05, 4.69) is 5.32 Å². The molecule has 4 heteroatoms. The van der Waals surface area contributed by atoms with Crippen LogP contribution in [0.4, 0.5) is 5.69 Å². The third-order valence-corrected chi connectivity index (χ3v) is 3.87. The lowest BCUT2D eigenvalue weighted by molar-refractivity contribution is -0.129. The van der Waals surface area contributed by atoms with Crippen LogP contribution < -0.4 is 5.32 Å². The molecule has 19 heavy (non-hydrogen) atoms. The Labute approximate surface area is 113 Å². The van der Waals surface area contributed by atoms with Gasteiger partial charge in [0.25, 0.3) is 0 Å². The van der Waals surface area contributed by atoms with E-state index < -0.39 is 6.10 Å². The molecule has 1 unspecified atom stereocenters. The molecule has 0 spiro atoms. The first-order valence-corrected chi connectivity index (χ1v) is 6.68. The van der Waals surface area contributed by atoms with E-state index >= 15 is 0 Å². The monoisotopic (exact) mass is 263 g/mol. The Morgan fingerprint density at radius 3 is 2.68 bits per heavy atom. The fourth-order valence-corrected chi connectivity index (χ4v) is 2.49. The molecule has 1 fully saturated rings. The van der Waals surface area contributed by atoms with Crippen LogP contribution in [0.3, 0.4) is 0 Å². The second kappa shape index (κ2) is 5.72. The van der Waals surface area contributed by atoms with Gasteiger partial charge in [-0.15, -0.1) is 0 Å². The van der Waals surface area contributed by atoms with Gasteiger partial charge in [0, 0.05) is 18.4 Å². The van der Waals surface area contributed by atoms with Crippen LogP contribution in [0.25, 0.3) is 0 Å². The number of ether oxygens (including phenoxy) is 1. The number of para-hydroxylation sites is 1. The van der Waals surface area contributed by atoms with Gasteiger partial charge in [-0.1, -0.05) is 18.2 Å². The molecule has 1 atom stereocenters. The van der Waals surface area contributed by atoms with Crippen LogP contribution in [-0.2, 0) is 9.53 Å². The molecule has 1 amide bonds. The number of hydrogen-bond donors (Lipinski definition) is 2. The van der Waals surface area contributed by atoms with E-state index in [1.807, 2.05) is 18.2 Å². The van der Waals surface area contributed by atoms with Crippen molar-refractivity contribution >= 4 is 11.6 Å². The predicted octanol–water partition coefficient (Wildman–Crippen LogP) is 2.64. The first-order chi connectivity index (χ1) is 9.06. The molecule has 2 rings (SSSR count). The van der Waals surface area contributed by atoms with Gasteiger partial charge in [0.1, 0.15) is 0 Å². The summed E-state index contributed by atoms with van der Waals surface area (Å²) in [4.78, 5) is 12.1. The zero-order chi connectivity index (χ0) is 13.9. The van der Waals surface area contributed by atoms with Gasteiger partial charge in [-0.05, 0) is 32.3 Å². The van der Waals surface area contributed by atoms with E-state index in [0.717, 1.165) is 24.8 Å². The maximum Gasteiger partial charge on any atom is 0.227 e. The van der Waals surface area contributed by atoms with Crippen molar-refractivity contribution in [2.24, 2.45) is 0 Å². The van der Waals surface area contributed by atoms with Crippen LogP contribution in [0.5, 0.6) is 0 Å². The standard InChI is InChI=1S/C15H21NO3/c1-11(17)12-6-3-4-7-13(12)16-14(18)10-15(19-2)8-5-9-15/h3-4,6-7,11,17H,5,8-10H2,1-2H3,(H,16,18). The average Bonchev–Trinajstić information content (AvgIpc) is 2.34. The van der Waals surface area contributed by atoms with E-state index in [1.54, 1.807) is 20.1 Å². The summed E-state index contributed by atoms with van der Waals surface area (Å²) in [5.41, 5.74) is 1.13. The Balaban J connectivity index is 2.03. The van der Waals surface area contributed by atoms with Crippen LogP contribution in [0, 0.1) is 0 Å². The summed E-state index contributed by atoms with van der Waals surface area (Å²) in [5.74, 6) is -0.0605. The van der Waals surface area contributed by atoms with Gasteiger partial charge in [0.15, 0.2) is 0 Å². The number of aliphatic hydroxyl groups is 1. The first kappa shape index (κ1) is 14.0. The average molecular weight is 263 g/mol. The lowest BCUT2D eigenvalue weighted by Gasteiger charge is -2.39. The van der Waals surface area contributed by atoms with Gasteiger partial charge >= 0.3 is 0 Å². The molecule has 0 bridgehead atoms. The van der Waals surface area contributed by atoms with Gasteiger partial charge < -0.3 is 15.2 Å². The second-order valence-corrected chi connectivity index (χ2v) is 5.23. The number of benzene rings is 1. The molecule has 104 valence electrons. The van der Waals surface area contributed by atoms with Crippen molar-refractivity contribution in [2.75, 3.05) is 12.4 Å². The lowest BCUT2D eigenvalue weighted by atomic mass is 9.77. The minimum absolute atomic E-state index is 0.0605. The largest absolute Gasteiger partial charge is 0.389 e. The Hall–Kier alpha value is -1.39. The Morgan fingerprint density at radius 2 is 2.16 bits per heavy atom. The molecule has 1 aromatic carbocycles. The molecule has 0 radical (unpaired) electrons. The molecule has 4 nitrogen and oxygen atoms in total. The molecule has 0 heterocycles. The van der Waals surface area contributed by atoms with Gasteiger partial charge in [0.2, 0.25) is 5.91 Å². The number of rotatable bonds is 5. The highest BCUT2D eigenvalue weighted by Gasteiger charge is 2.39. The number of amides is 1. The number of nitrogens with one attached hydrogen (secondary N) is 1. The van der Waals surface area contributed by atoms with Crippen molar-refractivity contribution in [1.82, 2.24) is 0 Å². The van der Waals surface area contributed by atoms with Gasteiger partial charge in [-0.2, -0.15) is 0 Å². The summed E-state index contributed by atoms with van der Waals surface area (Å²) in [6.45, 7) is 1.69. The number of anilines is 1. The number of carbonyl (C=O) groups is 1. The molecule has 1 aliphatic rings. The maximum atomic E-state index is 12.1. The van der Waals surface area contributed by atoms with Gasteiger partial charge in [-0.25, -0.2) is 0 Å². The molecular formula is C15H21NO3. The van der Waals surface area contributed by atoms with Gasteiger partial charge in [-0.3, -0.25) is 4.79 Å². The number of hydrogen-bond acceptors (Lipinski definition) is 3. The molecule has 1 aliphatic carbocycles. The van der Waals surface area contributed by atoms with Crippen LogP contribution in [0.15, 0.2) is 24.3 Å². The highest BCUT2D eigenvalue weighted by atomic mass is 16.5. The fourth-order valence-electron chi connectivity index (χ4n) is 2.49. The first-order valence-electron chi connectivity index (χ1n) is 6.68. The second-order valence-electron chi connectivity index (χ2n) is 5.23. The lowest BCUT2D eigenvalue weighted by Crippen LogP contribution is -2.42. The van der Waals surface area contributed by atoms with E-state index in [1.165, 1.54) is 0 Å². The molecule has 0 saturated heterocycles. The SMILES string of the molecule is COC1(CC(=O)Nc2ccccc2C(C)O)CCC1. The fraction of sp³-hybridized carbons (Fsp3) is 0.533. The van der Waals surface area contributed by atoms with Crippen LogP contribution >= 0.6 is 0 Å². The summed E-state index contributed by atoms with van der Waals surface area (Å²) in [6.07, 6.45) is 2.77. The van der Waals surface area contributed by atoms with E-state index in [-0.39, 0.29) is 11.5 Å². The Bertz CT molecular complexity index is 447. The summed E-state index contributed by atoms with van der Waals surface area (Å²) in [7, 11) is 1.66. The molecular weight excluding hydrogens is 242 g/mol. The van der Waals surface area contributed by atoms with Crippen molar-refractivity contribution in [3.8, 4) is 0 Å². The molecule has 2 N–H and O–H groups in total. The van der Waals surface area contributed by atoms with Crippen molar-refractivity contribution in [1.29, 1.82) is 0 Å². The minimum atomic E-state index is -0.600. The van der Waals surface area contributed by atoms with Crippen LogP contribution in [-0.4, -0.2) is 23.7 Å².